The van der Waals surface area contributed by atoms with Gasteiger partial charge in [0.15, 0.2) is 0 Å². The number of carbonyl (C=O) groups is 2. The fourth-order valence-corrected chi connectivity index (χ4v) is 5.92. The topological polar surface area (TPSA) is 120 Å². The number of nitrogens with zero attached hydrogens (tertiary/aromatic N) is 2. The van der Waals surface area contributed by atoms with Gasteiger partial charge < -0.3 is 29.6 Å². The number of methoxy groups -OCH3 is 2. The quantitative estimate of drug-likeness (QED) is 0.345. The van der Waals surface area contributed by atoms with E-state index in [2.05, 4.69) is 57.0 Å². The lowest BCUT2D eigenvalue weighted by atomic mass is 9.89. The van der Waals surface area contributed by atoms with Gasteiger partial charge in [-0.15, -0.1) is 0 Å². The van der Waals surface area contributed by atoms with Crippen LogP contribution in [0.5, 0.6) is 11.5 Å². The van der Waals surface area contributed by atoms with Gasteiger partial charge >= 0.3 is 11.9 Å². The van der Waals surface area contributed by atoms with E-state index in [1.54, 1.807) is 14.2 Å². The van der Waals surface area contributed by atoms with Crippen LogP contribution >= 0.6 is 0 Å². The van der Waals surface area contributed by atoms with E-state index in [0.717, 1.165) is 62.2 Å². The lowest BCUT2D eigenvalue weighted by Crippen LogP contribution is -2.33. The maximum atomic E-state index is 12.3. The molecule has 10 heteroatoms. The standard InChI is InChI=1S/C34H36N4O6/c1-41-29-9-7-23-5-3-21(13-25(23)17-29)15-27-19-35-33(37-27)43-31(39)11-12-32(40)44-34-36-20-28(38-34)16-22-4-6-24-8-10-30(42-2)18-26(24)14-22/h7-14,17-18,27-28H,3-6,15-16,19-20H2,1-2H3,(H,35,37)(H,36,38)/b12-11+. The molecule has 44 heavy (non-hydrogen) atoms. The minimum Gasteiger partial charge on any atom is -0.497 e. The Kier molecular flexibility index (Phi) is 8.76. The molecule has 0 spiro atoms. The van der Waals surface area contributed by atoms with Crippen LogP contribution in [0.2, 0.25) is 0 Å². The molecule has 2 aromatic carbocycles. The molecule has 0 saturated carbocycles. The van der Waals surface area contributed by atoms with Crippen LogP contribution in [0.15, 0.2) is 69.7 Å². The first kappa shape index (κ1) is 29.2. The predicted octanol–water partition coefficient (Wildman–Crippen LogP) is 4.14. The highest BCUT2D eigenvalue weighted by molar-refractivity contribution is 6.00. The van der Waals surface area contributed by atoms with Crippen molar-refractivity contribution in [2.45, 2.75) is 50.6 Å². The van der Waals surface area contributed by atoms with Crippen molar-refractivity contribution in [2.75, 3.05) is 27.3 Å². The minimum atomic E-state index is -0.716. The molecule has 0 fully saturated rings. The van der Waals surface area contributed by atoms with E-state index in [1.165, 1.54) is 33.4 Å². The number of nitrogens with one attached hydrogen (secondary N) is 2. The van der Waals surface area contributed by atoms with Crippen molar-refractivity contribution < 1.29 is 28.5 Å². The largest absolute Gasteiger partial charge is 0.497 e. The van der Waals surface area contributed by atoms with Crippen LogP contribution < -0.4 is 20.1 Å². The molecule has 6 rings (SSSR count). The number of ether oxygens (including phenoxy) is 4. The fourth-order valence-electron chi connectivity index (χ4n) is 5.92. The van der Waals surface area contributed by atoms with Gasteiger partial charge in [-0.05, 0) is 85.0 Å². The Bertz CT molecular complexity index is 1490. The Morgan fingerprint density at radius 1 is 0.727 bits per heavy atom. The predicted molar refractivity (Wildman–Crippen MR) is 168 cm³/mol. The maximum Gasteiger partial charge on any atom is 0.338 e. The highest BCUT2D eigenvalue weighted by Crippen LogP contribution is 2.31. The summed E-state index contributed by atoms with van der Waals surface area (Å²) in [7, 11) is 3.34. The average molecular weight is 597 g/mol. The second-order valence-electron chi connectivity index (χ2n) is 11.3. The third-order valence-corrected chi connectivity index (χ3v) is 8.19. The van der Waals surface area contributed by atoms with E-state index in [-0.39, 0.29) is 24.1 Å². The molecule has 4 aliphatic rings. The number of carbonyl (C=O) groups excluding carboxylic acids is 2. The summed E-state index contributed by atoms with van der Waals surface area (Å²) in [6, 6.07) is 12.7. The number of hydrogen-bond donors (Lipinski definition) is 2. The molecule has 0 bridgehead atoms. The molecule has 0 radical (unpaired) electrons. The Morgan fingerprint density at radius 3 is 1.61 bits per heavy atom. The van der Waals surface area contributed by atoms with Crippen LogP contribution in [-0.2, 0) is 31.9 Å². The van der Waals surface area contributed by atoms with Crippen molar-refractivity contribution in [3.63, 3.8) is 0 Å². The van der Waals surface area contributed by atoms with Crippen LogP contribution in [0.3, 0.4) is 0 Å². The summed E-state index contributed by atoms with van der Waals surface area (Å²) in [6.45, 7) is 1.00. The zero-order chi connectivity index (χ0) is 30.5. The van der Waals surface area contributed by atoms with Crippen LogP contribution in [0.25, 0.3) is 12.2 Å². The first-order valence-corrected chi connectivity index (χ1v) is 14.9. The molecule has 228 valence electrons. The molecular weight excluding hydrogens is 560 g/mol. The van der Waals surface area contributed by atoms with Crippen molar-refractivity contribution in [2.24, 2.45) is 9.98 Å². The molecule has 0 amide bonds. The van der Waals surface area contributed by atoms with Gasteiger partial charge in [-0.3, -0.25) is 0 Å². The highest BCUT2D eigenvalue weighted by Gasteiger charge is 2.24. The third-order valence-electron chi connectivity index (χ3n) is 8.19. The van der Waals surface area contributed by atoms with Crippen LogP contribution in [-0.4, -0.2) is 63.4 Å². The van der Waals surface area contributed by atoms with E-state index in [9.17, 15) is 9.59 Å². The smallest absolute Gasteiger partial charge is 0.338 e. The molecule has 2 heterocycles. The summed E-state index contributed by atoms with van der Waals surface area (Å²) < 4.78 is 21.3. The van der Waals surface area contributed by atoms with Gasteiger partial charge in [0.25, 0.3) is 12.0 Å². The van der Waals surface area contributed by atoms with Gasteiger partial charge in [-0.1, -0.05) is 35.4 Å². The number of esters is 2. The zero-order valence-electron chi connectivity index (χ0n) is 24.9. The average Bonchev–Trinajstić information content (AvgIpc) is 3.67. The molecule has 2 unspecified atom stereocenters. The van der Waals surface area contributed by atoms with Gasteiger partial charge in [-0.25, -0.2) is 19.6 Å². The molecule has 0 aromatic heterocycles. The molecule has 2 aliphatic carbocycles. The van der Waals surface area contributed by atoms with Crippen molar-refractivity contribution >= 4 is 36.1 Å². The zero-order valence-corrected chi connectivity index (χ0v) is 24.9. The van der Waals surface area contributed by atoms with Crippen molar-refractivity contribution in [1.82, 2.24) is 10.6 Å². The number of fused-ring (bicyclic) bond motifs is 2. The Balaban J connectivity index is 0.919. The van der Waals surface area contributed by atoms with Gasteiger partial charge in [0.05, 0.1) is 39.4 Å². The Morgan fingerprint density at radius 2 is 1.18 bits per heavy atom. The van der Waals surface area contributed by atoms with Gasteiger partial charge in [0.2, 0.25) is 0 Å². The van der Waals surface area contributed by atoms with Gasteiger partial charge in [0, 0.05) is 12.2 Å². The lowest BCUT2D eigenvalue weighted by molar-refractivity contribution is -0.133. The van der Waals surface area contributed by atoms with Crippen LogP contribution in [0.4, 0.5) is 0 Å². The second-order valence-corrected chi connectivity index (χ2v) is 11.3. The highest BCUT2D eigenvalue weighted by atomic mass is 16.6. The van der Waals surface area contributed by atoms with E-state index in [4.69, 9.17) is 18.9 Å². The van der Waals surface area contributed by atoms with Crippen molar-refractivity contribution in [3.8, 4) is 11.5 Å². The molecule has 2 N–H and O–H groups in total. The summed E-state index contributed by atoms with van der Waals surface area (Å²) in [5, 5.41) is 6.33. The number of aryl methyl sites for hydroxylation is 2. The van der Waals surface area contributed by atoms with E-state index in [1.807, 2.05) is 12.1 Å². The SMILES string of the molecule is COc1ccc2c(c1)C=C(CC1CN=C(OC(=O)/C=C/C(=O)OC3=NCC(CC4=Cc5cc(OC)ccc5CC4)N3)N1)CC2. The molecule has 2 aliphatic heterocycles. The Labute approximate surface area is 256 Å². The molecular formula is C34H36N4O6. The first-order chi connectivity index (χ1) is 21.4. The van der Waals surface area contributed by atoms with Crippen molar-refractivity contribution in [3.05, 3.63) is 82.0 Å². The number of hydrogen-bond acceptors (Lipinski definition) is 10. The van der Waals surface area contributed by atoms with Crippen LogP contribution in [0.1, 0.15) is 47.9 Å². The van der Waals surface area contributed by atoms with Crippen molar-refractivity contribution in [1.29, 1.82) is 0 Å². The first-order valence-electron chi connectivity index (χ1n) is 14.9. The molecule has 2 atom stereocenters. The maximum absolute atomic E-state index is 12.3. The molecule has 10 nitrogen and oxygen atoms in total. The number of amidine groups is 2. The summed E-state index contributed by atoms with van der Waals surface area (Å²) in [5.41, 5.74) is 7.59. The monoisotopic (exact) mass is 596 g/mol. The summed E-state index contributed by atoms with van der Waals surface area (Å²) in [6.07, 6.45) is 12.0. The second kappa shape index (κ2) is 13.2. The van der Waals surface area contributed by atoms with Gasteiger partial charge in [-0.2, -0.15) is 0 Å². The lowest BCUT2D eigenvalue weighted by Gasteiger charge is -2.20. The van der Waals surface area contributed by atoms with E-state index >= 15 is 0 Å². The number of aliphatic imine (C=N–C) groups is 2. The molecule has 0 saturated heterocycles. The Hall–Kier alpha value is -4.86. The minimum absolute atomic E-state index is 0.0338. The number of rotatable bonds is 8. The van der Waals surface area contributed by atoms with E-state index < -0.39 is 11.9 Å². The normalized spacial score (nSPS) is 20.2. The molecule has 2 aromatic rings. The summed E-state index contributed by atoms with van der Waals surface area (Å²) in [4.78, 5) is 33.2. The van der Waals surface area contributed by atoms with E-state index in [0.29, 0.717) is 13.1 Å². The summed E-state index contributed by atoms with van der Waals surface area (Å²) >= 11 is 0. The van der Waals surface area contributed by atoms with Crippen LogP contribution in [0, 0.1) is 0 Å². The number of benzene rings is 2. The summed E-state index contributed by atoms with van der Waals surface area (Å²) in [5.74, 6) is 0.250. The third kappa shape index (κ3) is 7.19. The fraction of sp³-hybridized carbons (Fsp3) is 0.353. The van der Waals surface area contributed by atoms with Gasteiger partial charge in [0.1, 0.15) is 11.5 Å².